The smallest absolute Gasteiger partial charge is 0.397 e. The molecular formula is C20H20N4O12S3. The normalized spacial score (nSPS) is 12.7. The largest absolute Gasteiger partial charge is 0.506 e. The van der Waals surface area contributed by atoms with Crippen LogP contribution in [0.15, 0.2) is 62.5 Å². The molecule has 0 heterocycles. The molecule has 6 N–H and O–H groups in total. The van der Waals surface area contributed by atoms with E-state index < -0.39 is 76.6 Å². The molecule has 0 bridgehead atoms. The van der Waals surface area contributed by atoms with Crippen LogP contribution in [0.2, 0.25) is 0 Å². The first-order valence-electron chi connectivity index (χ1n) is 10.4. The fraction of sp³-hybridized carbons (Fsp3) is 0.150. The number of hydrogen-bond donors (Lipinski definition) is 6. The molecule has 16 nitrogen and oxygen atoms in total. The molecule has 3 rings (SSSR count). The summed E-state index contributed by atoms with van der Waals surface area (Å²) in [5.41, 5.74) is -0.807. The number of amides is 1. The van der Waals surface area contributed by atoms with Crippen molar-refractivity contribution in [2.75, 3.05) is 18.5 Å². The molecule has 0 fully saturated rings. The van der Waals surface area contributed by atoms with Crippen LogP contribution in [0, 0.1) is 0 Å². The molecule has 210 valence electrons. The summed E-state index contributed by atoms with van der Waals surface area (Å²) < 4.78 is 93.7. The van der Waals surface area contributed by atoms with E-state index in [2.05, 4.69) is 19.7 Å². The second-order valence-corrected chi connectivity index (χ2v) is 11.9. The maximum Gasteiger partial charge on any atom is 0.397 e. The monoisotopic (exact) mass is 604 g/mol. The van der Waals surface area contributed by atoms with Crippen molar-refractivity contribution in [3.63, 3.8) is 0 Å². The van der Waals surface area contributed by atoms with Gasteiger partial charge in [0.25, 0.3) is 10.1 Å². The molecule has 0 atom stereocenters. The van der Waals surface area contributed by atoms with Crippen LogP contribution in [0.5, 0.6) is 11.5 Å². The van der Waals surface area contributed by atoms with Gasteiger partial charge in [-0.2, -0.15) is 16.8 Å². The zero-order valence-electron chi connectivity index (χ0n) is 19.6. The highest BCUT2D eigenvalue weighted by molar-refractivity contribution is 7.89. The van der Waals surface area contributed by atoms with E-state index in [0.717, 1.165) is 24.3 Å². The van der Waals surface area contributed by atoms with Crippen LogP contribution in [0.1, 0.15) is 6.92 Å². The number of phenolic OH excluding ortho intramolecular Hbond substituents is 2. The zero-order chi connectivity index (χ0) is 29.2. The van der Waals surface area contributed by atoms with Gasteiger partial charge in [0.1, 0.15) is 22.0 Å². The fourth-order valence-corrected chi connectivity index (χ4v) is 5.16. The number of azo groups is 1. The van der Waals surface area contributed by atoms with Crippen LogP contribution in [0.3, 0.4) is 0 Å². The Kier molecular flexibility index (Phi) is 8.55. The fourth-order valence-electron chi connectivity index (χ4n) is 3.18. The number of fused-ring (bicyclic) bond motifs is 1. The molecule has 0 aromatic heterocycles. The van der Waals surface area contributed by atoms with E-state index in [0.29, 0.717) is 0 Å². The Hall–Kier alpha value is -3.72. The molecule has 0 aliphatic rings. The Morgan fingerprint density at radius 1 is 0.949 bits per heavy atom. The molecule has 19 heteroatoms. The summed E-state index contributed by atoms with van der Waals surface area (Å²) >= 11 is 0. The summed E-state index contributed by atoms with van der Waals surface area (Å²) in [6, 6.07) is 7.86. The van der Waals surface area contributed by atoms with E-state index in [1.54, 1.807) is 0 Å². The van der Waals surface area contributed by atoms with Crippen LogP contribution in [0.4, 0.5) is 17.1 Å². The van der Waals surface area contributed by atoms with E-state index in [1.807, 2.05) is 4.72 Å². The number of benzene rings is 3. The number of carbonyl (C=O) groups excluding carboxylic acids is 1. The number of hydrogen-bond acceptors (Lipinski definition) is 12. The lowest BCUT2D eigenvalue weighted by Gasteiger charge is -2.11. The van der Waals surface area contributed by atoms with Crippen LogP contribution < -0.4 is 10.0 Å². The topological polar surface area (TPSA) is 258 Å². The van der Waals surface area contributed by atoms with Crippen LogP contribution >= 0.6 is 0 Å². The molecular weight excluding hydrogens is 584 g/mol. The van der Waals surface area contributed by atoms with Gasteiger partial charge < -0.3 is 15.5 Å². The number of phenols is 2. The summed E-state index contributed by atoms with van der Waals surface area (Å²) in [6.07, 6.45) is 0. The minimum atomic E-state index is -4.93. The van der Waals surface area contributed by atoms with Crippen molar-refractivity contribution in [2.24, 2.45) is 10.2 Å². The molecule has 0 unspecified atom stereocenters. The van der Waals surface area contributed by atoms with Gasteiger partial charge in [0, 0.05) is 30.6 Å². The standard InChI is InChI=1S/C20H20N4O12S3/c1-11(25)22-13-3-2-12-8-18(38(30,31)32)19(20(27)15(12)9-13)24-23-16-5-4-14(10-17(16)26)37(28,29)21-6-7-36-39(33,34)35/h2-5,8-10,21,26-27H,6-7H2,1H3,(H,22,25)(H,30,31,32)(H,33,34,35). The highest BCUT2D eigenvalue weighted by Gasteiger charge is 2.23. The van der Waals surface area contributed by atoms with Crippen molar-refractivity contribution >= 4 is 64.3 Å². The average Bonchev–Trinajstić information content (AvgIpc) is 2.80. The Morgan fingerprint density at radius 3 is 2.23 bits per heavy atom. The van der Waals surface area contributed by atoms with Gasteiger partial charge in [-0.25, -0.2) is 17.3 Å². The van der Waals surface area contributed by atoms with Gasteiger partial charge in [0.05, 0.1) is 11.5 Å². The Labute approximate surface area is 221 Å². The van der Waals surface area contributed by atoms with E-state index in [4.69, 9.17) is 4.55 Å². The molecule has 0 radical (unpaired) electrons. The molecule has 0 aliphatic heterocycles. The minimum absolute atomic E-state index is 0.0392. The van der Waals surface area contributed by atoms with Crippen molar-refractivity contribution in [1.82, 2.24) is 4.72 Å². The summed E-state index contributed by atoms with van der Waals surface area (Å²) in [7, 11) is -14.0. The van der Waals surface area contributed by atoms with Gasteiger partial charge in [-0.15, -0.1) is 10.2 Å². The number of aromatic hydroxyl groups is 2. The van der Waals surface area contributed by atoms with Gasteiger partial charge in [-0.1, -0.05) is 6.07 Å². The second-order valence-electron chi connectivity index (χ2n) is 7.66. The maximum atomic E-state index is 12.3. The third-order valence-electron chi connectivity index (χ3n) is 4.79. The summed E-state index contributed by atoms with van der Waals surface area (Å²) in [5, 5.41) is 31.0. The Morgan fingerprint density at radius 2 is 1.64 bits per heavy atom. The van der Waals surface area contributed by atoms with Crippen molar-refractivity contribution in [3.05, 3.63) is 42.5 Å². The van der Waals surface area contributed by atoms with E-state index in [-0.39, 0.29) is 22.1 Å². The van der Waals surface area contributed by atoms with Gasteiger partial charge in [0.15, 0.2) is 5.75 Å². The molecule has 3 aromatic carbocycles. The number of carbonyl (C=O) groups is 1. The van der Waals surface area contributed by atoms with Crippen LogP contribution in [-0.4, -0.2) is 63.6 Å². The third-order valence-corrected chi connectivity index (χ3v) is 7.58. The SMILES string of the molecule is CC(=O)Nc1ccc2cc(S(=O)(=O)O)c(N=Nc3ccc(S(=O)(=O)NCCOS(=O)(=O)O)cc3O)c(O)c2c1. The Bertz CT molecular complexity index is 1810. The maximum absolute atomic E-state index is 12.3. The van der Waals surface area contributed by atoms with Crippen molar-refractivity contribution in [2.45, 2.75) is 16.7 Å². The van der Waals surface area contributed by atoms with Crippen molar-refractivity contribution in [3.8, 4) is 11.5 Å². The first kappa shape index (κ1) is 29.8. The first-order valence-corrected chi connectivity index (χ1v) is 14.7. The van der Waals surface area contributed by atoms with Gasteiger partial charge in [-0.05, 0) is 35.7 Å². The lowest BCUT2D eigenvalue weighted by molar-refractivity contribution is -0.114. The highest BCUT2D eigenvalue weighted by atomic mass is 32.3. The molecule has 3 aromatic rings. The van der Waals surface area contributed by atoms with E-state index >= 15 is 0 Å². The number of nitrogens with zero attached hydrogens (tertiary/aromatic N) is 2. The number of rotatable bonds is 10. The number of sulfonamides is 1. The van der Waals surface area contributed by atoms with Gasteiger partial charge in [-0.3, -0.25) is 13.9 Å². The molecule has 0 saturated heterocycles. The van der Waals surface area contributed by atoms with Crippen LogP contribution in [-0.2, 0) is 39.5 Å². The predicted molar refractivity (Wildman–Crippen MR) is 135 cm³/mol. The van der Waals surface area contributed by atoms with Crippen molar-refractivity contribution < 1.29 is 53.5 Å². The molecule has 0 aliphatic carbocycles. The molecule has 0 saturated carbocycles. The first-order chi connectivity index (χ1) is 18.0. The molecule has 0 spiro atoms. The number of nitrogens with one attached hydrogen (secondary N) is 2. The van der Waals surface area contributed by atoms with Gasteiger partial charge in [0.2, 0.25) is 15.9 Å². The lowest BCUT2D eigenvalue weighted by Crippen LogP contribution is -2.28. The summed E-state index contributed by atoms with van der Waals surface area (Å²) in [5.74, 6) is -1.88. The van der Waals surface area contributed by atoms with E-state index in [9.17, 15) is 44.8 Å². The molecule has 39 heavy (non-hydrogen) atoms. The minimum Gasteiger partial charge on any atom is -0.506 e. The number of anilines is 1. The average molecular weight is 605 g/mol. The quantitative estimate of drug-likeness (QED) is 0.110. The third kappa shape index (κ3) is 7.66. The summed E-state index contributed by atoms with van der Waals surface area (Å²) in [6.45, 7) is -0.00975. The van der Waals surface area contributed by atoms with Crippen LogP contribution in [0.25, 0.3) is 10.8 Å². The Balaban J connectivity index is 1.97. The zero-order valence-corrected chi connectivity index (χ0v) is 22.1. The van der Waals surface area contributed by atoms with Gasteiger partial charge >= 0.3 is 10.4 Å². The molecule has 1 amide bonds. The van der Waals surface area contributed by atoms with E-state index in [1.165, 1.54) is 25.1 Å². The predicted octanol–water partition coefficient (Wildman–Crippen LogP) is 1.97. The van der Waals surface area contributed by atoms with Crippen molar-refractivity contribution in [1.29, 1.82) is 0 Å². The summed E-state index contributed by atoms with van der Waals surface area (Å²) in [4.78, 5) is 10.0. The lowest BCUT2D eigenvalue weighted by atomic mass is 10.1. The second kappa shape index (κ2) is 11.2. The highest BCUT2D eigenvalue weighted by Crippen LogP contribution is 2.42.